The van der Waals surface area contributed by atoms with E-state index in [9.17, 15) is 15.0 Å². The van der Waals surface area contributed by atoms with Gasteiger partial charge < -0.3 is 14.9 Å². The summed E-state index contributed by atoms with van der Waals surface area (Å²) in [5.41, 5.74) is 3.20. The molecule has 0 amide bonds. The Morgan fingerprint density at radius 1 is 1.32 bits per heavy atom. The van der Waals surface area contributed by atoms with Crippen LogP contribution in [0.25, 0.3) is 11.3 Å². The molecule has 2 heterocycles. The van der Waals surface area contributed by atoms with Gasteiger partial charge in [0, 0.05) is 22.9 Å². The average molecular weight is 298 g/mol. The number of aromatic nitrogens is 1. The van der Waals surface area contributed by atoms with E-state index in [1.807, 2.05) is 0 Å². The fourth-order valence-electron chi connectivity index (χ4n) is 2.59. The van der Waals surface area contributed by atoms with Crippen molar-refractivity contribution in [3.8, 4) is 22.8 Å². The number of carboxylic acids is 1. The van der Waals surface area contributed by atoms with Gasteiger partial charge in [-0.1, -0.05) is 0 Å². The van der Waals surface area contributed by atoms with Crippen LogP contribution in [-0.4, -0.2) is 34.0 Å². The number of phenolic OH excluding ortho intramolecular Hbond substituents is 1. The molecule has 0 saturated carbocycles. The highest BCUT2D eigenvalue weighted by Gasteiger charge is 2.24. The Balaban J connectivity index is 2.23. The first-order valence-corrected chi connectivity index (χ1v) is 6.67. The Morgan fingerprint density at radius 2 is 2.09 bits per heavy atom. The zero-order valence-corrected chi connectivity index (χ0v) is 12.1. The first kappa shape index (κ1) is 14.1. The molecule has 0 fully saturated rings. The Labute approximate surface area is 126 Å². The molecule has 0 radical (unpaired) electrons. The third-order valence-corrected chi connectivity index (χ3v) is 3.61. The van der Waals surface area contributed by atoms with Gasteiger partial charge in [0.15, 0.2) is 0 Å². The van der Waals surface area contributed by atoms with Crippen LogP contribution >= 0.6 is 0 Å². The molecule has 0 atom stereocenters. The zero-order chi connectivity index (χ0) is 15.9. The van der Waals surface area contributed by atoms with Crippen molar-refractivity contribution in [2.45, 2.75) is 13.5 Å². The second kappa shape index (κ2) is 5.14. The summed E-state index contributed by atoms with van der Waals surface area (Å²) in [6.45, 7) is 2.15. The number of hydrogen-bond acceptors (Lipinski definition) is 5. The lowest BCUT2D eigenvalue weighted by molar-refractivity contribution is 0.0696. The van der Waals surface area contributed by atoms with E-state index in [1.54, 1.807) is 13.0 Å². The van der Waals surface area contributed by atoms with Crippen LogP contribution in [0.1, 0.15) is 28.5 Å². The van der Waals surface area contributed by atoms with Gasteiger partial charge in [-0.05, 0) is 25.1 Å². The van der Waals surface area contributed by atoms with Crippen LogP contribution in [0.15, 0.2) is 29.3 Å². The number of benzene rings is 1. The predicted molar refractivity (Wildman–Crippen MR) is 80.8 cm³/mol. The molecule has 1 aromatic carbocycles. The van der Waals surface area contributed by atoms with Crippen LogP contribution in [0.3, 0.4) is 0 Å². The number of hydrogen-bond donors (Lipinski definition) is 2. The highest BCUT2D eigenvalue weighted by atomic mass is 16.5. The standard InChI is InChI=1S/C16H14N2O4/c1-8-15-11(16(20)21)6-12(18-13(15)7-17-8)10-4-3-9(19)5-14(10)22-2/h3-6,19H,7H2,1-2H3,(H,20,21). The van der Waals surface area contributed by atoms with Gasteiger partial charge in [-0.15, -0.1) is 0 Å². The van der Waals surface area contributed by atoms with E-state index in [0.717, 1.165) is 0 Å². The Kier molecular flexibility index (Phi) is 3.29. The van der Waals surface area contributed by atoms with Crippen molar-refractivity contribution >= 4 is 11.7 Å². The molecule has 0 aliphatic carbocycles. The maximum atomic E-state index is 11.5. The molecular formula is C16H14N2O4. The van der Waals surface area contributed by atoms with Crippen LogP contribution in [-0.2, 0) is 6.54 Å². The lowest BCUT2D eigenvalue weighted by atomic mass is 10.00. The third kappa shape index (κ3) is 2.18. The molecule has 6 heteroatoms. The van der Waals surface area contributed by atoms with E-state index in [1.165, 1.54) is 25.3 Å². The second-order valence-electron chi connectivity index (χ2n) is 4.97. The molecule has 1 aromatic heterocycles. The van der Waals surface area contributed by atoms with Crippen LogP contribution in [0.2, 0.25) is 0 Å². The summed E-state index contributed by atoms with van der Waals surface area (Å²) in [5.74, 6) is -0.520. The lowest BCUT2D eigenvalue weighted by Crippen LogP contribution is -2.09. The van der Waals surface area contributed by atoms with Gasteiger partial charge in [0.05, 0.1) is 30.6 Å². The number of methoxy groups -OCH3 is 1. The summed E-state index contributed by atoms with van der Waals surface area (Å²) in [4.78, 5) is 20.3. The number of carboxylic acid groups (broad SMARTS) is 1. The number of pyridine rings is 1. The smallest absolute Gasteiger partial charge is 0.336 e. The van der Waals surface area contributed by atoms with E-state index in [4.69, 9.17) is 4.74 Å². The van der Waals surface area contributed by atoms with E-state index in [2.05, 4.69) is 9.98 Å². The molecule has 0 bridgehead atoms. The monoisotopic (exact) mass is 298 g/mol. The third-order valence-electron chi connectivity index (χ3n) is 3.61. The number of nitrogens with zero attached hydrogens (tertiary/aromatic N) is 2. The SMILES string of the molecule is COc1cc(O)ccc1-c1cc(C(=O)O)c2c(n1)CN=C2C. The number of fused-ring (bicyclic) bond motifs is 1. The normalized spacial score (nSPS) is 12.7. The fraction of sp³-hybridized carbons (Fsp3) is 0.188. The number of aliphatic imine (C=N–C) groups is 1. The van der Waals surface area contributed by atoms with Gasteiger partial charge in [-0.3, -0.25) is 4.99 Å². The molecule has 112 valence electrons. The van der Waals surface area contributed by atoms with Crippen molar-refractivity contribution < 1.29 is 19.7 Å². The summed E-state index contributed by atoms with van der Waals surface area (Å²) >= 11 is 0. The summed E-state index contributed by atoms with van der Waals surface area (Å²) in [5, 5.41) is 19.0. The molecular weight excluding hydrogens is 284 g/mol. The quantitative estimate of drug-likeness (QED) is 0.908. The molecule has 0 spiro atoms. The largest absolute Gasteiger partial charge is 0.508 e. The molecule has 22 heavy (non-hydrogen) atoms. The number of rotatable bonds is 3. The fourth-order valence-corrected chi connectivity index (χ4v) is 2.59. The molecule has 1 aliphatic heterocycles. The highest BCUT2D eigenvalue weighted by Crippen LogP contribution is 2.34. The van der Waals surface area contributed by atoms with Gasteiger partial charge in [0.25, 0.3) is 0 Å². The minimum Gasteiger partial charge on any atom is -0.508 e. The Bertz CT molecular complexity index is 812. The molecule has 2 aromatic rings. The second-order valence-corrected chi connectivity index (χ2v) is 4.97. The number of aromatic carboxylic acids is 1. The topological polar surface area (TPSA) is 92.0 Å². The van der Waals surface area contributed by atoms with Crippen LogP contribution in [0.4, 0.5) is 0 Å². The molecule has 0 unspecified atom stereocenters. The van der Waals surface area contributed by atoms with E-state index in [0.29, 0.717) is 40.5 Å². The summed E-state index contributed by atoms with van der Waals surface area (Å²) in [7, 11) is 1.48. The minimum absolute atomic E-state index is 0.0689. The minimum atomic E-state index is -1.02. The van der Waals surface area contributed by atoms with E-state index in [-0.39, 0.29) is 11.3 Å². The van der Waals surface area contributed by atoms with Gasteiger partial charge in [-0.2, -0.15) is 0 Å². The number of ether oxygens (including phenoxy) is 1. The van der Waals surface area contributed by atoms with Gasteiger partial charge >= 0.3 is 5.97 Å². The average Bonchev–Trinajstić information content (AvgIpc) is 2.87. The maximum absolute atomic E-state index is 11.5. The van der Waals surface area contributed by atoms with Crippen LogP contribution in [0, 0.1) is 0 Å². The Morgan fingerprint density at radius 3 is 2.77 bits per heavy atom. The van der Waals surface area contributed by atoms with Crippen LogP contribution in [0.5, 0.6) is 11.5 Å². The van der Waals surface area contributed by atoms with E-state index < -0.39 is 5.97 Å². The van der Waals surface area contributed by atoms with E-state index >= 15 is 0 Å². The van der Waals surface area contributed by atoms with Gasteiger partial charge in [0.2, 0.25) is 0 Å². The molecule has 6 nitrogen and oxygen atoms in total. The van der Waals surface area contributed by atoms with Crippen LogP contribution < -0.4 is 4.74 Å². The summed E-state index contributed by atoms with van der Waals surface area (Å²) in [6, 6.07) is 6.14. The number of carbonyl (C=O) groups is 1. The van der Waals surface area contributed by atoms with Crippen molar-refractivity contribution in [2.75, 3.05) is 7.11 Å². The molecule has 2 N–H and O–H groups in total. The maximum Gasteiger partial charge on any atom is 0.336 e. The lowest BCUT2D eigenvalue weighted by Gasteiger charge is -2.12. The number of phenols is 1. The summed E-state index contributed by atoms with van der Waals surface area (Å²) in [6.07, 6.45) is 0. The van der Waals surface area contributed by atoms with Gasteiger partial charge in [0.1, 0.15) is 11.5 Å². The molecule has 1 aliphatic rings. The summed E-state index contributed by atoms with van der Waals surface area (Å²) < 4.78 is 5.25. The zero-order valence-electron chi connectivity index (χ0n) is 12.1. The molecule has 3 rings (SSSR count). The van der Waals surface area contributed by atoms with Crippen molar-refractivity contribution in [3.63, 3.8) is 0 Å². The van der Waals surface area contributed by atoms with Gasteiger partial charge in [-0.25, -0.2) is 9.78 Å². The van der Waals surface area contributed by atoms with Crippen molar-refractivity contribution in [1.29, 1.82) is 0 Å². The molecule has 0 saturated heterocycles. The van der Waals surface area contributed by atoms with Crippen molar-refractivity contribution in [1.82, 2.24) is 4.98 Å². The predicted octanol–water partition coefficient (Wildman–Crippen LogP) is 2.48. The first-order chi connectivity index (χ1) is 10.5. The Hall–Kier alpha value is -2.89. The number of aromatic hydroxyl groups is 1. The highest BCUT2D eigenvalue weighted by molar-refractivity contribution is 6.10. The van der Waals surface area contributed by atoms with Crippen molar-refractivity contribution in [3.05, 3.63) is 41.1 Å². The first-order valence-electron chi connectivity index (χ1n) is 6.67. The van der Waals surface area contributed by atoms with Crippen molar-refractivity contribution in [2.24, 2.45) is 4.99 Å².